The number of terminal acetylenes is 1. The van der Waals surface area contributed by atoms with Gasteiger partial charge in [0.25, 0.3) is 11.8 Å². The first-order valence-corrected chi connectivity index (χ1v) is 27.7. The highest BCUT2D eigenvalue weighted by Crippen LogP contribution is 2.45. The Morgan fingerprint density at radius 3 is 2.49 bits per heavy atom. The fraction of sp³-hybridized carbons (Fsp3) is 0.458. The fourth-order valence-electron chi connectivity index (χ4n) is 13.2. The number of pyridine rings is 1. The first kappa shape index (κ1) is 52.1. The first-order valence-electron chi connectivity index (χ1n) is 27.7. The van der Waals surface area contributed by atoms with Crippen molar-refractivity contribution in [2.45, 2.75) is 100 Å². The highest BCUT2D eigenvalue weighted by atomic mass is 19.1. The monoisotopic (exact) mass is 1080 g/mol. The number of imide groups is 2. The average Bonchev–Trinajstić information content (AvgIpc) is 4.34. The topological polar surface area (TPSA) is 195 Å². The van der Waals surface area contributed by atoms with Crippen molar-refractivity contribution in [1.82, 2.24) is 45.2 Å². The summed E-state index contributed by atoms with van der Waals surface area (Å²) in [6, 6.07) is 12.8. The molecule has 7 aliphatic heterocycles. The summed E-state index contributed by atoms with van der Waals surface area (Å²) < 4.78 is 44.9. The number of unbranched alkanes of at least 4 members (excludes halogenated alkanes) is 3. The molecule has 0 radical (unpaired) electrons. The van der Waals surface area contributed by atoms with Gasteiger partial charge in [-0.25, -0.2) is 13.6 Å². The predicted octanol–water partition coefficient (Wildman–Crippen LogP) is 6.41. The van der Waals surface area contributed by atoms with Gasteiger partial charge >= 0.3 is 12.1 Å². The Morgan fingerprint density at radius 2 is 1.70 bits per heavy atom. The van der Waals surface area contributed by atoms with Crippen LogP contribution in [-0.2, 0) is 14.3 Å². The van der Waals surface area contributed by atoms with Gasteiger partial charge in [0.05, 0.1) is 27.6 Å². The number of anilines is 2. The molecule has 7 aliphatic rings. The van der Waals surface area contributed by atoms with Gasteiger partial charge in [-0.3, -0.25) is 44.2 Å². The number of hydrogen-bond donors (Lipinski definition) is 3. The summed E-state index contributed by atoms with van der Waals surface area (Å²) >= 11 is 0. The number of piperidine rings is 1. The number of fused-ring (bicyclic) bond motifs is 6. The van der Waals surface area contributed by atoms with Crippen LogP contribution in [0.15, 0.2) is 66.9 Å². The highest BCUT2D eigenvalue weighted by Gasteiger charge is 2.52. The normalized spacial score (nSPS) is 24.1. The van der Waals surface area contributed by atoms with E-state index in [4.69, 9.17) is 25.9 Å². The molecule has 6 fully saturated rings. The van der Waals surface area contributed by atoms with Crippen LogP contribution in [-0.4, -0.2) is 166 Å². The van der Waals surface area contributed by atoms with Crippen LogP contribution in [0.1, 0.15) is 96.9 Å². The second-order valence-electron chi connectivity index (χ2n) is 22.2. The van der Waals surface area contributed by atoms with E-state index in [0.29, 0.717) is 78.9 Å². The Kier molecular flexibility index (Phi) is 14.2. The van der Waals surface area contributed by atoms with Gasteiger partial charge in [0.15, 0.2) is 5.82 Å². The van der Waals surface area contributed by atoms with Gasteiger partial charge in [-0.2, -0.15) is 9.97 Å². The third-order valence-electron chi connectivity index (χ3n) is 17.2. The molecule has 20 heteroatoms. The van der Waals surface area contributed by atoms with Crippen LogP contribution in [0.25, 0.3) is 32.9 Å². The maximum Gasteiger partial charge on any atom is 0.409 e. The molecule has 6 saturated heterocycles. The van der Waals surface area contributed by atoms with Crippen molar-refractivity contribution in [3.8, 4) is 29.6 Å². The van der Waals surface area contributed by atoms with Crippen molar-refractivity contribution in [1.29, 1.82) is 0 Å². The van der Waals surface area contributed by atoms with Crippen molar-refractivity contribution in [3.63, 3.8) is 0 Å². The Morgan fingerprint density at radius 1 is 0.911 bits per heavy atom. The van der Waals surface area contributed by atoms with Crippen LogP contribution in [0.2, 0.25) is 0 Å². The number of amides is 5. The van der Waals surface area contributed by atoms with Crippen LogP contribution < -0.4 is 25.6 Å². The first-order chi connectivity index (χ1) is 38.4. The molecule has 0 saturated carbocycles. The molecule has 410 valence electrons. The zero-order chi connectivity index (χ0) is 54.5. The molecular formula is C59H63F2N11O7. The summed E-state index contributed by atoms with van der Waals surface area (Å²) in [4.78, 5) is 88.3. The summed E-state index contributed by atoms with van der Waals surface area (Å²) in [5.74, 6) is -0.350. The number of aromatic nitrogens is 3. The lowest BCUT2D eigenvalue weighted by Crippen LogP contribution is -2.54. The van der Waals surface area contributed by atoms with Gasteiger partial charge in [-0.15, -0.1) is 6.42 Å². The molecule has 2 aromatic heterocycles. The lowest BCUT2D eigenvalue weighted by Gasteiger charge is -2.36. The number of rotatable bonds is 16. The maximum absolute atomic E-state index is 17.2. The molecule has 79 heavy (non-hydrogen) atoms. The largest absolute Gasteiger partial charge is 0.461 e. The number of benzene rings is 3. The van der Waals surface area contributed by atoms with E-state index in [1.165, 1.54) is 6.07 Å². The number of halogens is 2. The summed E-state index contributed by atoms with van der Waals surface area (Å²) in [6.07, 6.45) is 15.4. The van der Waals surface area contributed by atoms with Gasteiger partial charge in [0, 0.05) is 99.7 Å². The van der Waals surface area contributed by atoms with Crippen LogP contribution in [0, 0.1) is 24.0 Å². The summed E-state index contributed by atoms with van der Waals surface area (Å²) in [5, 5.41) is 10.7. The second kappa shape index (κ2) is 21.6. The van der Waals surface area contributed by atoms with Gasteiger partial charge < -0.3 is 29.9 Å². The minimum Gasteiger partial charge on any atom is -0.461 e. The minimum absolute atomic E-state index is 0.00238. The fourth-order valence-corrected chi connectivity index (χ4v) is 13.2. The molecule has 12 rings (SSSR count). The van der Waals surface area contributed by atoms with E-state index in [9.17, 15) is 24.0 Å². The zero-order valence-corrected chi connectivity index (χ0v) is 44.0. The number of piperazine rings is 2. The third-order valence-corrected chi connectivity index (χ3v) is 17.2. The van der Waals surface area contributed by atoms with Crippen molar-refractivity contribution in [2.75, 3.05) is 82.3 Å². The number of hydrogen-bond acceptors (Lipinski definition) is 15. The van der Waals surface area contributed by atoms with E-state index in [0.717, 1.165) is 81.5 Å². The maximum atomic E-state index is 17.2. The molecule has 5 aromatic rings. The summed E-state index contributed by atoms with van der Waals surface area (Å²) in [6.45, 7) is 11.0. The molecule has 0 aliphatic carbocycles. The number of nitrogens with zero attached hydrogens (tertiary/aromatic N) is 8. The smallest absolute Gasteiger partial charge is 0.409 e. The molecule has 3 unspecified atom stereocenters. The van der Waals surface area contributed by atoms with Crippen molar-refractivity contribution in [3.05, 3.63) is 95.2 Å². The van der Waals surface area contributed by atoms with Crippen molar-refractivity contribution >= 4 is 62.9 Å². The zero-order valence-electron chi connectivity index (χ0n) is 44.0. The number of nitrogens with one attached hydrogen (secondary N) is 3. The Labute approximate surface area is 456 Å². The van der Waals surface area contributed by atoms with E-state index in [1.807, 2.05) is 0 Å². The van der Waals surface area contributed by atoms with Crippen LogP contribution in [0.4, 0.5) is 25.1 Å². The molecule has 9 heterocycles. The van der Waals surface area contributed by atoms with Gasteiger partial charge in [0.2, 0.25) is 11.8 Å². The van der Waals surface area contributed by atoms with Gasteiger partial charge in [-0.05, 0) is 81.5 Å². The van der Waals surface area contributed by atoms with E-state index < -0.39 is 46.8 Å². The Bertz CT molecular complexity index is 3350. The standard InChI is InChI=1S/C59H63F2N11O7/c1-3-40-44(60)17-14-36-10-8-11-41(48(36)40)51-50(61)52-43(29-63-51)53(70-31-37-15-16-38(32-70)64-37)67-57(66-52)79-34-59-21-20-39(71(59)30-35(2)28-59)33-78-58(77)69-26-24-68(25-27-69)23-7-5-4-6-22-62-45-13-9-12-42-49(45)56(76)72(55(42)75)46-18-19-47(73)65-54(46)74/h1,8-14,17,29,37-39,46,62,64H,2,4-7,15-16,18-28,30-34H2,(H,65,73,74)/t37?,38?,39-,46?,59-/m0/s1. The molecular weight excluding hydrogens is 1010 g/mol. The van der Waals surface area contributed by atoms with Crippen molar-refractivity contribution in [2.24, 2.45) is 0 Å². The molecule has 5 amide bonds. The molecule has 3 aromatic carbocycles. The number of carbonyl (C=O) groups excluding carboxylic acids is 5. The average molecular weight is 1080 g/mol. The lowest BCUT2D eigenvalue weighted by molar-refractivity contribution is -0.136. The Balaban J connectivity index is 0.629. The number of carbonyl (C=O) groups is 5. The van der Waals surface area contributed by atoms with Crippen LogP contribution in [0.5, 0.6) is 6.01 Å². The van der Waals surface area contributed by atoms with Gasteiger partial charge in [0.1, 0.15) is 42.1 Å². The third kappa shape index (κ3) is 9.90. The van der Waals surface area contributed by atoms with Crippen LogP contribution in [0.3, 0.4) is 0 Å². The van der Waals surface area contributed by atoms with Crippen LogP contribution >= 0.6 is 0 Å². The number of ether oxygens (including phenoxy) is 2. The SMILES string of the molecule is C#Cc1c(F)ccc2cccc(-c3ncc4c(N5CC6CCC(C5)N6)nc(OC[C@@]56CC[C@@H](COC(=O)N7CCN(CCCCCCNc8cccc9c8C(=O)N(C8CCC(=O)NC8=O)C9=O)CC7)N5CC(=C)C6)nc4c3F)c12. The van der Waals surface area contributed by atoms with E-state index >= 15 is 8.78 Å². The predicted molar refractivity (Wildman–Crippen MR) is 291 cm³/mol. The Hall–Kier alpha value is -7.60. The molecule has 0 spiro atoms. The lowest BCUT2D eigenvalue weighted by atomic mass is 9.94. The molecule has 3 N–H and O–H groups in total. The molecule has 5 atom stereocenters. The van der Waals surface area contributed by atoms with Crippen molar-refractivity contribution < 1.29 is 42.2 Å². The molecule has 2 bridgehead atoms. The minimum atomic E-state index is -1.01. The van der Waals surface area contributed by atoms with E-state index in [1.54, 1.807) is 53.6 Å². The highest BCUT2D eigenvalue weighted by molar-refractivity contribution is 6.25. The van der Waals surface area contributed by atoms with Gasteiger partial charge in [-0.1, -0.05) is 61.2 Å². The summed E-state index contributed by atoms with van der Waals surface area (Å²) in [7, 11) is 0. The molecule has 18 nitrogen and oxygen atoms in total. The second-order valence-corrected chi connectivity index (χ2v) is 22.2. The summed E-state index contributed by atoms with van der Waals surface area (Å²) in [5.41, 5.74) is 2.11. The quantitative estimate of drug-likeness (QED) is 0.0424. The van der Waals surface area contributed by atoms with E-state index in [-0.39, 0.29) is 84.2 Å². The van der Waals surface area contributed by atoms with E-state index in [2.05, 4.69) is 48.1 Å².